The molecule has 0 unspecified atom stereocenters. The third-order valence-corrected chi connectivity index (χ3v) is 5.59. The first kappa shape index (κ1) is 28.8. The van der Waals surface area contributed by atoms with E-state index in [1.807, 2.05) is 52.0 Å². The predicted octanol–water partition coefficient (Wildman–Crippen LogP) is 6.64. The summed E-state index contributed by atoms with van der Waals surface area (Å²) in [6.07, 6.45) is 1.12. The van der Waals surface area contributed by atoms with Crippen LogP contribution in [0.3, 0.4) is 0 Å². The van der Waals surface area contributed by atoms with E-state index in [4.69, 9.17) is 25.8 Å². The highest BCUT2D eigenvalue weighted by molar-refractivity contribution is 6.30. The standard InChI is InChI=1S/C28H36ClFO5/c1-6-33-18-22(27(32)34-7-2)15-20(16-26(31)35-28(3,4)5)14-19-8-10-21(11-9-19)24-17-23(29)12-13-25(24)30/h8-13,17,20,22H,6-7,14-16,18H2,1-5H3/t20-,22+/m1/s1. The first-order chi connectivity index (χ1) is 16.5. The highest BCUT2D eigenvalue weighted by Gasteiger charge is 2.28. The molecule has 2 rings (SSSR count). The van der Waals surface area contributed by atoms with E-state index in [1.54, 1.807) is 13.0 Å². The Morgan fingerprint density at radius 1 is 1.03 bits per heavy atom. The number of halogens is 2. The lowest BCUT2D eigenvalue weighted by atomic mass is 9.86. The van der Waals surface area contributed by atoms with Crippen molar-refractivity contribution in [3.05, 3.63) is 58.9 Å². The molecule has 0 aliphatic heterocycles. The highest BCUT2D eigenvalue weighted by Crippen LogP contribution is 2.28. The molecule has 7 heteroatoms. The molecule has 0 radical (unpaired) electrons. The van der Waals surface area contributed by atoms with Crippen LogP contribution in [0.1, 0.15) is 53.0 Å². The number of benzene rings is 2. The van der Waals surface area contributed by atoms with Gasteiger partial charge in [-0.2, -0.15) is 0 Å². The molecule has 0 aliphatic carbocycles. The Morgan fingerprint density at radius 3 is 2.31 bits per heavy atom. The molecule has 0 saturated carbocycles. The Bertz CT molecular complexity index is 968. The van der Waals surface area contributed by atoms with E-state index < -0.39 is 11.5 Å². The number of carbonyl (C=O) groups is 2. The van der Waals surface area contributed by atoms with Gasteiger partial charge >= 0.3 is 11.9 Å². The van der Waals surface area contributed by atoms with Gasteiger partial charge in [-0.05, 0) is 82.7 Å². The molecule has 0 heterocycles. The van der Waals surface area contributed by atoms with Gasteiger partial charge in [-0.25, -0.2) is 4.39 Å². The second-order valence-corrected chi connectivity index (χ2v) is 9.96. The van der Waals surface area contributed by atoms with Gasteiger partial charge in [-0.1, -0.05) is 35.9 Å². The molecule has 0 aliphatic rings. The minimum Gasteiger partial charge on any atom is -0.466 e. The van der Waals surface area contributed by atoms with Crippen LogP contribution in [0.5, 0.6) is 0 Å². The molecule has 0 spiro atoms. The van der Waals surface area contributed by atoms with Crippen molar-refractivity contribution in [3.8, 4) is 11.1 Å². The maximum Gasteiger partial charge on any atom is 0.311 e. The Hall–Kier alpha value is -2.44. The van der Waals surface area contributed by atoms with E-state index >= 15 is 0 Å². The second kappa shape index (κ2) is 13.6. The van der Waals surface area contributed by atoms with Crippen molar-refractivity contribution < 1.29 is 28.2 Å². The third-order valence-electron chi connectivity index (χ3n) is 5.35. The molecular weight excluding hydrogens is 471 g/mol. The average Bonchev–Trinajstić information content (AvgIpc) is 2.77. The number of hydrogen-bond acceptors (Lipinski definition) is 5. The molecular formula is C28H36ClFO5. The van der Waals surface area contributed by atoms with E-state index in [-0.39, 0.29) is 43.3 Å². The predicted molar refractivity (Wildman–Crippen MR) is 136 cm³/mol. The minimum absolute atomic E-state index is 0.157. The van der Waals surface area contributed by atoms with Crippen LogP contribution < -0.4 is 0 Å². The van der Waals surface area contributed by atoms with Gasteiger partial charge in [0.05, 0.1) is 19.1 Å². The maximum atomic E-state index is 14.3. The van der Waals surface area contributed by atoms with E-state index in [0.717, 1.165) is 5.56 Å². The minimum atomic E-state index is -0.601. The number of esters is 2. The number of carbonyl (C=O) groups excluding carboxylic acids is 2. The van der Waals surface area contributed by atoms with Crippen LogP contribution in [0.2, 0.25) is 5.02 Å². The summed E-state index contributed by atoms with van der Waals surface area (Å²) in [6, 6.07) is 11.9. The molecule has 0 saturated heterocycles. The van der Waals surface area contributed by atoms with Crippen LogP contribution in [0.4, 0.5) is 4.39 Å². The van der Waals surface area contributed by atoms with Crippen LogP contribution in [-0.2, 0) is 30.2 Å². The first-order valence-corrected chi connectivity index (χ1v) is 12.4. The monoisotopic (exact) mass is 506 g/mol. The molecule has 5 nitrogen and oxygen atoms in total. The largest absolute Gasteiger partial charge is 0.466 e. The van der Waals surface area contributed by atoms with Crippen LogP contribution in [0.15, 0.2) is 42.5 Å². The smallest absolute Gasteiger partial charge is 0.311 e. The summed E-state index contributed by atoms with van der Waals surface area (Å²) in [7, 11) is 0. The van der Waals surface area contributed by atoms with Crippen molar-refractivity contribution in [2.24, 2.45) is 11.8 Å². The topological polar surface area (TPSA) is 61.8 Å². The SMILES string of the molecule is CCOC[C@H](C[C@H](CC(=O)OC(C)(C)C)Cc1ccc(-c2cc(Cl)ccc2F)cc1)C(=O)OCC. The van der Waals surface area contributed by atoms with Crippen LogP contribution >= 0.6 is 11.6 Å². The maximum absolute atomic E-state index is 14.3. The van der Waals surface area contributed by atoms with Gasteiger partial charge in [-0.3, -0.25) is 9.59 Å². The normalized spacial score (nSPS) is 13.2. The molecule has 192 valence electrons. The summed E-state index contributed by atoms with van der Waals surface area (Å²) in [4.78, 5) is 25.2. The third kappa shape index (κ3) is 9.98. The fourth-order valence-corrected chi connectivity index (χ4v) is 4.06. The van der Waals surface area contributed by atoms with Crippen molar-refractivity contribution >= 4 is 23.5 Å². The van der Waals surface area contributed by atoms with Crippen molar-refractivity contribution in [2.75, 3.05) is 19.8 Å². The van der Waals surface area contributed by atoms with Crippen molar-refractivity contribution in [2.45, 2.75) is 59.5 Å². The molecule has 35 heavy (non-hydrogen) atoms. The Kier molecular flexibility index (Phi) is 11.2. The molecule has 0 bridgehead atoms. The number of ether oxygens (including phenoxy) is 3. The summed E-state index contributed by atoms with van der Waals surface area (Å²) in [5.74, 6) is -1.66. The zero-order chi connectivity index (χ0) is 26.0. The lowest BCUT2D eigenvalue weighted by Crippen LogP contribution is -2.29. The number of hydrogen-bond donors (Lipinski definition) is 0. The Morgan fingerprint density at radius 2 is 1.71 bits per heavy atom. The molecule has 2 atom stereocenters. The molecule has 2 aromatic carbocycles. The number of rotatable bonds is 12. The fraction of sp³-hybridized carbons (Fsp3) is 0.500. The quantitative estimate of drug-likeness (QED) is 0.302. The van der Waals surface area contributed by atoms with Crippen molar-refractivity contribution in [3.63, 3.8) is 0 Å². The van der Waals surface area contributed by atoms with Crippen molar-refractivity contribution in [1.29, 1.82) is 0 Å². The molecule has 2 aromatic rings. The molecule has 0 N–H and O–H groups in total. The Labute approximate surface area is 212 Å². The summed E-state index contributed by atoms with van der Waals surface area (Å²) in [5.41, 5.74) is 1.49. The summed E-state index contributed by atoms with van der Waals surface area (Å²) < 4.78 is 30.6. The van der Waals surface area contributed by atoms with Crippen LogP contribution in [0.25, 0.3) is 11.1 Å². The summed E-state index contributed by atoms with van der Waals surface area (Å²) in [6.45, 7) is 10.1. The van der Waals surface area contributed by atoms with Gasteiger partial charge in [0.2, 0.25) is 0 Å². The van der Waals surface area contributed by atoms with E-state index in [9.17, 15) is 14.0 Å². The zero-order valence-corrected chi connectivity index (χ0v) is 22.0. The van der Waals surface area contributed by atoms with Gasteiger partial charge in [0.1, 0.15) is 11.4 Å². The molecule has 0 fully saturated rings. The Balaban J connectivity index is 2.23. The van der Waals surface area contributed by atoms with E-state index in [2.05, 4.69) is 0 Å². The lowest BCUT2D eigenvalue weighted by Gasteiger charge is -2.25. The summed E-state index contributed by atoms with van der Waals surface area (Å²) in [5, 5.41) is 0.460. The van der Waals surface area contributed by atoms with Crippen molar-refractivity contribution in [1.82, 2.24) is 0 Å². The lowest BCUT2D eigenvalue weighted by molar-refractivity contribution is -0.157. The van der Waals surface area contributed by atoms with E-state index in [1.165, 1.54) is 12.1 Å². The van der Waals surface area contributed by atoms with Gasteiger partial charge < -0.3 is 14.2 Å². The fourth-order valence-electron chi connectivity index (χ4n) is 3.89. The van der Waals surface area contributed by atoms with Gasteiger partial charge in [0.25, 0.3) is 0 Å². The van der Waals surface area contributed by atoms with Gasteiger partial charge in [0, 0.05) is 23.6 Å². The van der Waals surface area contributed by atoms with E-state index in [0.29, 0.717) is 35.6 Å². The first-order valence-electron chi connectivity index (χ1n) is 12.0. The molecule has 0 aromatic heterocycles. The van der Waals surface area contributed by atoms with Crippen LogP contribution in [-0.4, -0.2) is 37.4 Å². The van der Waals surface area contributed by atoms with Crippen LogP contribution in [0, 0.1) is 17.7 Å². The highest BCUT2D eigenvalue weighted by atomic mass is 35.5. The average molecular weight is 507 g/mol. The van der Waals surface area contributed by atoms with Gasteiger partial charge in [0.15, 0.2) is 0 Å². The molecule has 0 amide bonds. The second-order valence-electron chi connectivity index (χ2n) is 9.53. The summed E-state index contributed by atoms with van der Waals surface area (Å²) >= 11 is 6.04. The van der Waals surface area contributed by atoms with Gasteiger partial charge in [-0.15, -0.1) is 0 Å². The zero-order valence-electron chi connectivity index (χ0n) is 21.2.